The fraction of sp³-hybridized carbons (Fsp3) is 0.440. The molecule has 9 heteroatoms. The number of thiophene rings is 1. The van der Waals surface area contributed by atoms with Crippen molar-refractivity contribution in [3.63, 3.8) is 0 Å². The van der Waals surface area contributed by atoms with Crippen molar-refractivity contribution in [2.75, 3.05) is 5.32 Å². The summed E-state index contributed by atoms with van der Waals surface area (Å²) < 4.78 is 1.26. The van der Waals surface area contributed by atoms with E-state index in [4.69, 9.17) is 11.6 Å². The Balaban J connectivity index is 1.53. The first-order valence-electron chi connectivity index (χ1n) is 11.5. The van der Waals surface area contributed by atoms with Crippen molar-refractivity contribution in [2.24, 2.45) is 11.8 Å². The van der Waals surface area contributed by atoms with Gasteiger partial charge in [0, 0.05) is 16.8 Å². The number of anilines is 1. The van der Waals surface area contributed by atoms with Gasteiger partial charge in [-0.2, -0.15) is 0 Å². The van der Waals surface area contributed by atoms with Crippen molar-refractivity contribution in [1.29, 1.82) is 0 Å². The van der Waals surface area contributed by atoms with Crippen LogP contribution in [0.2, 0.25) is 5.02 Å². The Morgan fingerprint density at radius 2 is 2.00 bits per heavy atom. The van der Waals surface area contributed by atoms with Crippen molar-refractivity contribution in [3.8, 4) is 0 Å². The van der Waals surface area contributed by atoms with Crippen LogP contribution in [0.15, 0.2) is 29.3 Å². The number of amides is 2. The van der Waals surface area contributed by atoms with E-state index in [0.717, 1.165) is 18.4 Å². The molecule has 1 fully saturated rings. The summed E-state index contributed by atoms with van der Waals surface area (Å²) in [4.78, 5) is 44.1. The van der Waals surface area contributed by atoms with Gasteiger partial charge in [-0.1, -0.05) is 44.4 Å². The summed E-state index contributed by atoms with van der Waals surface area (Å²) in [6.07, 6.45) is 4.61. The number of benzene rings is 1. The molecule has 1 aliphatic rings. The van der Waals surface area contributed by atoms with E-state index in [0.29, 0.717) is 43.2 Å². The molecule has 4 rings (SSSR count). The maximum atomic E-state index is 13.2. The van der Waals surface area contributed by atoms with Crippen LogP contribution in [0.4, 0.5) is 5.69 Å². The summed E-state index contributed by atoms with van der Waals surface area (Å²) in [6.45, 7) is 7.86. The molecular formula is C25H29ClN4O3S. The minimum atomic E-state index is -0.366. The maximum absolute atomic E-state index is 13.2. The summed E-state index contributed by atoms with van der Waals surface area (Å²) in [6, 6.07) is 5.36. The van der Waals surface area contributed by atoms with Crippen LogP contribution < -0.4 is 16.2 Å². The second-order valence-electron chi connectivity index (χ2n) is 9.27. The number of nitrogens with one attached hydrogen (secondary N) is 2. The molecule has 3 atom stereocenters. The molecule has 1 aliphatic carbocycles. The summed E-state index contributed by atoms with van der Waals surface area (Å²) in [5, 5.41) is 6.87. The zero-order valence-electron chi connectivity index (χ0n) is 19.8. The van der Waals surface area contributed by atoms with Crippen molar-refractivity contribution in [3.05, 3.63) is 55.9 Å². The second-order valence-corrected chi connectivity index (χ2v) is 10.7. The van der Waals surface area contributed by atoms with Gasteiger partial charge in [-0.25, -0.2) is 4.98 Å². The Morgan fingerprint density at radius 3 is 2.74 bits per heavy atom. The number of fused-ring (bicyclic) bond motifs is 1. The molecule has 180 valence electrons. The highest BCUT2D eigenvalue weighted by atomic mass is 35.5. The summed E-state index contributed by atoms with van der Waals surface area (Å²) in [7, 11) is 0. The van der Waals surface area contributed by atoms with E-state index in [1.807, 2.05) is 13.0 Å². The molecule has 0 radical (unpaired) electrons. The third kappa shape index (κ3) is 4.88. The number of carbonyl (C=O) groups is 2. The first kappa shape index (κ1) is 24.4. The van der Waals surface area contributed by atoms with E-state index in [2.05, 4.69) is 29.5 Å². The van der Waals surface area contributed by atoms with Gasteiger partial charge < -0.3 is 10.6 Å². The number of hydrogen-bond acceptors (Lipinski definition) is 5. The van der Waals surface area contributed by atoms with Crippen LogP contribution in [0.25, 0.3) is 10.2 Å². The molecule has 0 spiro atoms. The standard InChI is InChI=1S/C25H29ClN4O3S/c1-13-6-5-7-19(15(13)3)29-23(32)22-16(4)21-24(34-22)27-12-30(25(21)33)11-20(31)28-17-9-8-14(2)18(26)10-17/h8-10,12-13,15,19H,5-7,11H2,1-4H3,(H,28,31)(H,29,32)/t13-,15+,19+/m0/s1. The lowest BCUT2D eigenvalue weighted by atomic mass is 9.78. The van der Waals surface area contributed by atoms with Crippen LogP contribution in [0, 0.1) is 25.7 Å². The minimum Gasteiger partial charge on any atom is -0.348 e. The first-order chi connectivity index (χ1) is 16.2. The highest BCUT2D eigenvalue weighted by Crippen LogP contribution is 2.31. The number of aromatic nitrogens is 2. The fourth-order valence-electron chi connectivity index (χ4n) is 4.53. The summed E-state index contributed by atoms with van der Waals surface area (Å²) in [5.74, 6) is 0.448. The number of nitrogens with zero attached hydrogens (tertiary/aromatic N) is 2. The number of halogens is 1. The lowest BCUT2D eigenvalue weighted by Crippen LogP contribution is -2.43. The van der Waals surface area contributed by atoms with E-state index in [1.165, 1.54) is 28.7 Å². The van der Waals surface area contributed by atoms with E-state index in [1.54, 1.807) is 19.1 Å². The minimum absolute atomic E-state index is 0.129. The van der Waals surface area contributed by atoms with Crippen LogP contribution in [0.1, 0.15) is 53.9 Å². The quantitative estimate of drug-likeness (QED) is 0.520. The first-order valence-corrected chi connectivity index (χ1v) is 12.7. The topological polar surface area (TPSA) is 93.1 Å². The van der Waals surface area contributed by atoms with Crippen molar-refractivity contribution in [1.82, 2.24) is 14.9 Å². The fourth-order valence-corrected chi connectivity index (χ4v) is 5.76. The molecule has 1 aromatic carbocycles. The van der Waals surface area contributed by atoms with Gasteiger partial charge in [0.05, 0.1) is 16.6 Å². The van der Waals surface area contributed by atoms with Crippen molar-refractivity contribution in [2.45, 2.75) is 59.5 Å². The zero-order valence-corrected chi connectivity index (χ0v) is 21.3. The smallest absolute Gasteiger partial charge is 0.262 e. The van der Waals surface area contributed by atoms with Crippen LogP contribution in [0.3, 0.4) is 0 Å². The van der Waals surface area contributed by atoms with Gasteiger partial charge in [0.2, 0.25) is 5.91 Å². The molecule has 7 nitrogen and oxygen atoms in total. The molecule has 2 heterocycles. The average Bonchev–Trinajstić information content (AvgIpc) is 3.13. The molecule has 0 unspecified atom stereocenters. The highest BCUT2D eigenvalue weighted by Gasteiger charge is 2.29. The van der Waals surface area contributed by atoms with Gasteiger partial charge in [0.25, 0.3) is 11.5 Å². The third-order valence-electron chi connectivity index (χ3n) is 6.92. The molecular weight excluding hydrogens is 472 g/mol. The van der Waals surface area contributed by atoms with E-state index < -0.39 is 0 Å². The van der Waals surface area contributed by atoms with Crippen LogP contribution in [-0.2, 0) is 11.3 Å². The van der Waals surface area contributed by atoms with E-state index in [9.17, 15) is 14.4 Å². The molecule has 2 N–H and O–H groups in total. The lowest BCUT2D eigenvalue weighted by molar-refractivity contribution is -0.116. The Labute approximate surface area is 207 Å². The Hall–Kier alpha value is -2.71. The molecule has 1 saturated carbocycles. The molecule has 0 bridgehead atoms. The Bertz CT molecular complexity index is 1320. The van der Waals surface area contributed by atoms with Gasteiger partial charge in [-0.15, -0.1) is 11.3 Å². The molecule has 0 saturated heterocycles. The molecule has 3 aromatic rings. The lowest BCUT2D eigenvalue weighted by Gasteiger charge is -2.34. The van der Waals surface area contributed by atoms with E-state index >= 15 is 0 Å². The van der Waals surface area contributed by atoms with Crippen LogP contribution >= 0.6 is 22.9 Å². The number of aryl methyl sites for hydroxylation is 2. The van der Waals surface area contributed by atoms with Crippen molar-refractivity contribution < 1.29 is 9.59 Å². The molecule has 2 aromatic heterocycles. The molecule has 2 amide bonds. The summed E-state index contributed by atoms with van der Waals surface area (Å²) in [5.41, 5.74) is 1.73. The number of carbonyl (C=O) groups excluding carboxylic acids is 2. The van der Waals surface area contributed by atoms with E-state index in [-0.39, 0.29) is 30.0 Å². The van der Waals surface area contributed by atoms with Crippen LogP contribution in [-0.4, -0.2) is 27.4 Å². The van der Waals surface area contributed by atoms with Gasteiger partial charge >= 0.3 is 0 Å². The Morgan fingerprint density at radius 1 is 1.24 bits per heavy atom. The predicted octanol–water partition coefficient (Wildman–Crippen LogP) is 4.92. The van der Waals surface area contributed by atoms with Crippen LogP contribution in [0.5, 0.6) is 0 Å². The molecule has 34 heavy (non-hydrogen) atoms. The second kappa shape index (κ2) is 9.88. The zero-order chi connectivity index (χ0) is 24.6. The average molecular weight is 501 g/mol. The Kier molecular flexibility index (Phi) is 7.09. The maximum Gasteiger partial charge on any atom is 0.262 e. The monoisotopic (exact) mass is 500 g/mol. The number of hydrogen-bond donors (Lipinski definition) is 2. The molecule has 0 aliphatic heterocycles. The number of rotatable bonds is 5. The predicted molar refractivity (Wildman–Crippen MR) is 137 cm³/mol. The van der Waals surface area contributed by atoms with Crippen molar-refractivity contribution >= 4 is 50.7 Å². The normalized spacial score (nSPS) is 20.3. The highest BCUT2D eigenvalue weighted by molar-refractivity contribution is 7.20. The largest absolute Gasteiger partial charge is 0.348 e. The third-order valence-corrected chi connectivity index (χ3v) is 8.52. The van der Waals surface area contributed by atoms with Gasteiger partial charge in [0.1, 0.15) is 11.4 Å². The van der Waals surface area contributed by atoms with Gasteiger partial charge in [-0.05, 0) is 55.4 Å². The van der Waals surface area contributed by atoms with Gasteiger partial charge in [-0.3, -0.25) is 19.0 Å². The SMILES string of the molecule is Cc1ccc(NC(=O)Cn2cnc3sc(C(=O)N[C@@H]4CCC[C@H](C)[C@H]4C)c(C)c3c2=O)cc1Cl. The van der Waals surface area contributed by atoms with Gasteiger partial charge in [0.15, 0.2) is 0 Å². The summed E-state index contributed by atoms with van der Waals surface area (Å²) >= 11 is 7.34.